The van der Waals surface area contributed by atoms with Crippen LogP contribution in [0.5, 0.6) is 5.75 Å². The van der Waals surface area contributed by atoms with Crippen LogP contribution >= 0.6 is 34.7 Å². The predicted octanol–water partition coefficient (Wildman–Crippen LogP) is 8.78. The van der Waals surface area contributed by atoms with E-state index in [1.807, 2.05) is 55.6 Å². The van der Waals surface area contributed by atoms with E-state index in [0.717, 1.165) is 21.9 Å². The van der Waals surface area contributed by atoms with E-state index in [1.54, 1.807) is 72.8 Å². The van der Waals surface area contributed by atoms with Crippen LogP contribution < -0.4 is 20.7 Å². The maximum absolute atomic E-state index is 13.5. The molecule has 0 saturated heterocycles. The monoisotopic (exact) mass is 696 g/mol. The smallest absolute Gasteiger partial charge is 0.272 e. The van der Waals surface area contributed by atoms with Crippen LogP contribution in [0, 0.1) is 0 Å². The minimum atomic E-state index is -0.515. The van der Waals surface area contributed by atoms with E-state index in [1.165, 1.54) is 23.1 Å². The number of ether oxygens (including phenoxy) is 1. The van der Waals surface area contributed by atoms with Gasteiger partial charge < -0.3 is 20.7 Å². The summed E-state index contributed by atoms with van der Waals surface area (Å²) in [7, 11) is 0. The van der Waals surface area contributed by atoms with Crippen LogP contribution in [0.15, 0.2) is 119 Å². The number of hydrogen-bond donors (Lipinski definition) is 3. The Hall–Kier alpha value is -4.90. The summed E-state index contributed by atoms with van der Waals surface area (Å²) in [6.07, 6.45) is 2.14. The third-order valence-electron chi connectivity index (χ3n) is 6.92. The van der Waals surface area contributed by atoms with Crippen LogP contribution in [0.3, 0.4) is 0 Å². The zero-order valence-corrected chi connectivity index (χ0v) is 28.6. The van der Waals surface area contributed by atoms with Gasteiger partial charge in [0.05, 0.1) is 17.6 Å². The standard InChI is InChI=1S/C37H33ClN4O4S2/c1-3-33(36(45)42-37-41-32(23-47-37)25-16-18-29(19-17-25)46-4-2)48-30-15-9-14-28(22-30)39-35(44)31(21-24-10-8-13-27(38)20-24)40-34(43)26-11-6-5-7-12-26/h5-23,33H,3-4H2,1-2H3,(H,39,44)(H,40,43)(H,41,42,45)/b31-21-. The van der Waals surface area contributed by atoms with Gasteiger partial charge in [0.2, 0.25) is 5.91 Å². The summed E-state index contributed by atoms with van der Waals surface area (Å²) in [5.74, 6) is -0.314. The maximum Gasteiger partial charge on any atom is 0.272 e. The minimum absolute atomic E-state index is 0.0445. The number of benzene rings is 4. The molecule has 1 aromatic heterocycles. The van der Waals surface area contributed by atoms with Crippen LogP contribution in [-0.4, -0.2) is 34.6 Å². The third-order valence-corrected chi connectivity index (χ3v) is 9.27. The Morgan fingerprint density at radius 1 is 0.917 bits per heavy atom. The first kappa shape index (κ1) is 34.4. The molecule has 244 valence electrons. The number of rotatable bonds is 13. The zero-order valence-electron chi connectivity index (χ0n) is 26.2. The van der Waals surface area contributed by atoms with Gasteiger partial charge in [0.1, 0.15) is 11.4 Å². The lowest BCUT2D eigenvalue weighted by atomic mass is 10.1. The highest BCUT2D eigenvalue weighted by Gasteiger charge is 2.21. The summed E-state index contributed by atoms with van der Waals surface area (Å²) in [6.45, 7) is 4.48. The molecule has 4 aromatic carbocycles. The number of carbonyl (C=O) groups is 3. The molecule has 5 aromatic rings. The largest absolute Gasteiger partial charge is 0.494 e. The Bertz CT molecular complexity index is 1910. The van der Waals surface area contributed by atoms with Gasteiger partial charge in [-0.1, -0.05) is 54.9 Å². The molecule has 0 bridgehead atoms. The Balaban J connectivity index is 1.25. The highest BCUT2D eigenvalue weighted by Crippen LogP contribution is 2.31. The molecule has 48 heavy (non-hydrogen) atoms. The van der Waals surface area contributed by atoms with Crippen LogP contribution in [0.25, 0.3) is 17.3 Å². The van der Waals surface area contributed by atoms with E-state index in [2.05, 4.69) is 20.9 Å². The Kier molecular flexibility index (Phi) is 12.0. The van der Waals surface area contributed by atoms with Gasteiger partial charge in [0.15, 0.2) is 5.13 Å². The molecule has 0 fully saturated rings. The van der Waals surface area contributed by atoms with E-state index in [0.29, 0.717) is 40.0 Å². The minimum Gasteiger partial charge on any atom is -0.494 e. The lowest BCUT2D eigenvalue weighted by Gasteiger charge is -2.15. The number of halogens is 1. The van der Waals surface area contributed by atoms with Gasteiger partial charge in [0, 0.05) is 32.1 Å². The molecule has 0 radical (unpaired) electrons. The number of hydrogen-bond acceptors (Lipinski definition) is 7. The lowest BCUT2D eigenvalue weighted by molar-refractivity contribution is -0.116. The van der Waals surface area contributed by atoms with Crippen molar-refractivity contribution in [2.75, 3.05) is 17.2 Å². The first-order valence-electron chi connectivity index (χ1n) is 15.2. The van der Waals surface area contributed by atoms with Crippen LogP contribution in [0.4, 0.5) is 10.8 Å². The Morgan fingerprint density at radius 2 is 1.69 bits per heavy atom. The van der Waals surface area contributed by atoms with Crippen LogP contribution in [0.1, 0.15) is 36.2 Å². The highest BCUT2D eigenvalue weighted by atomic mass is 35.5. The molecule has 3 N–H and O–H groups in total. The van der Waals surface area contributed by atoms with E-state index >= 15 is 0 Å². The summed E-state index contributed by atoms with van der Waals surface area (Å²) in [4.78, 5) is 45.1. The van der Waals surface area contributed by atoms with Crippen molar-refractivity contribution in [3.8, 4) is 17.0 Å². The summed E-state index contributed by atoms with van der Waals surface area (Å²) < 4.78 is 5.51. The maximum atomic E-state index is 13.5. The molecule has 0 aliphatic heterocycles. The molecule has 5 rings (SSSR count). The number of nitrogens with zero attached hydrogens (tertiary/aromatic N) is 1. The molecule has 11 heteroatoms. The summed E-state index contributed by atoms with van der Waals surface area (Å²) >= 11 is 8.91. The normalized spacial score (nSPS) is 11.8. The van der Waals surface area contributed by atoms with Gasteiger partial charge in [-0.3, -0.25) is 14.4 Å². The fourth-order valence-electron chi connectivity index (χ4n) is 4.58. The summed E-state index contributed by atoms with van der Waals surface area (Å²) in [6, 6.07) is 30.5. The van der Waals surface area contributed by atoms with Gasteiger partial charge >= 0.3 is 0 Å². The number of thioether (sulfide) groups is 1. The van der Waals surface area contributed by atoms with E-state index < -0.39 is 17.1 Å². The second-order valence-electron chi connectivity index (χ2n) is 10.4. The average molecular weight is 697 g/mol. The molecule has 8 nitrogen and oxygen atoms in total. The molecule has 0 saturated carbocycles. The Morgan fingerprint density at radius 3 is 2.42 bits per heavy atom. The van der Waals surface area contributed by atoms with Crippen molar-refractivity contribution >= 4 is 69.3 Å². The van der Waals surface area contributed by atoms with E-state index in [-0.39, 0.29) is 11.6 Å². The summed E-state index contributed by atoms with van der Waals surface area (Å²) in [5, 5.41) is 11.1. The molecular formula is C37H33ClN4O4S2. The molecule has 3 amide bonds. The fraction of sp³-hybridized carbons (Fsp3) is 0.135. The highest BCUT2D eigenvalue weighted by molar-refractivity contribution is 8.00. The van der Waals surface area contributed by atoms with Gasteiger partial charge in [-0.05, 0) is 91.7 Å². The molecule has 1 atom stereocenters. The topological polar surface area (TPSA) is 109 Å². The number of nitrogens with one attached hydrogen (secondary N) is 3. The van der Waals surface area contributed by atoms with Crippen LogP contribution in [0.2, 0.25) is 5.02 Å². The van der Waals surface area contributed by atoms with Crippen molar-refractivity contribution in [3.05, 3.63) is 130 Å². The molecule has 1 heterocycles. The first-order valence-corrected chi connectivity index (χ1v) is 17.4. The molecule has 1 unspecified atom stereocenters. The van der Waals surface area contributed by atoms with Crippen LogP contribution in [-0.2, 0) is 9.59 Å². The quantitative estimate of drug-likeness (QED) is 0.0839. The summed E-state index contributed by atoms with van der Waals surface area (Å²) in [5.41, 5.74) is 3.31. The number of carbonyl (C=O) groups excluding carboxylic acids is 3. The SMILES string of the molecule is CCOc1ccc(-c2csc(NC(=O)C(CC)Sc3cccc(NC(=O)/C(=C/c4cccc(Cl)c4)NC(=O)c4ccccc4)c3)n2)cc1. The predicted molar refractivity (Wildman–Crippen MR) is 196 cm³/mol. The second kappa shape index (κ2) is 16.8. The molecule has 0 aliphatic carbocycles. The fourth-order valence-corrected chi connectivity index (χ4v) is 6.51. The van der Waals surface area contributed by atoms with Gasteiger partial charge in [0.25, 0.3) is 11.8 Å². The van der Waals surface area contributed by atoms with Gasteiger partial charge in [-0.2, -0.15) is 0 Å². The van der Waals surface area contributed by atoms with E-state index in [4.69, 9.17) is 16.3 Å². The average Bonchev–Trinajstić information content (AvgIpc) is 3.56. The van der Waals surface area contributed by atoms with E-state index in [9.17, 15) is 14.4 Å². The van der Waals surface area contributed by atoms with Crippen molar-refractivity contribution in [2.24, 2.45) is 0 Å². The number of amides is 3. The number of aromatic nitrogens is 1. The third kappa shape index (κ3) is 9.57. The van der Waals surface area contributed by atoms with Crippen molar-refractivity contribution in [1.29, 1.82) is 0 Å². The molecular weight excluding hydrogens is 664 g/mol. The van der Waals surface area contributed by atoms with Crippen molar-refractivity contribution in [3.63, 3.8) is 0 Å². The van der Waals surface area contributed by atoms with Crippen molar-refractivity contribution in [1.82, 2.24) is 10.3 Å². The first-order chi connectivity index (χ1) is 23.3. The van der Waals surface area contributed by atoms with Crippen molar-refractivity contribution in [2.45, 2.75) is 30.4 Å². The Labute approximate surface area is 292 Å². The second-order valence-corrected chi connectivity index (χ2v) is 13.0. The number of thiazole rings is 1. The molecule has 0 aliphatic rings. The van der Waals surface area contributed by atoms with Crippen molar-refractivity contribution < 1.29 is 19.1 Å². The molecule has 0 spiro atoms. The number of anilines is 2. The van der Waals surface area contributed by atoms with Gasteiger partial charge in [-0.25, -0.2) is 4.98 Å². The zero-order chi connectivity index (χ0) is 33.9. The van der Waals surface area contributed by atoms with Gasteiger partial charge in [-0.15, -0.1) is 23.1 Å². The lowest BCUT2D eigenvalue weighted by Crippen LogP contribution is -2.30.